The number of hydrogen-bond donors (Lipinski definition) is 2. The molecular formula is C12H11N3O2. The third-order valence-electron chi connectivity index (χ3n) is 2.24. The number of pyridine rings is 2. The molecule has 0 spiro atoms. The SMILES string of the molecule is Cc1cccnc1NC(=O)c1ncccc1O. The van der Waals surface area contributed by atoms with E-state index >= 15 is 0 Å². The number of aromatic nitrogens is 2. The first-order valence-corrected chi connectivity index (χ1v) is 5.05. The van der Waals surface area contributed by atoms with Crippen molar-refractivity contribution in [2.45, 2.75) is 6.92 Å². The van der Waals surface area contributed by atoms with Crippen molar-refractivity contribution in [2.75, 3.05) is 5.32 Å². The number of nitrogens with one attached hydrogen (secondary N) is 1. The summed E-state index contributed by atoms with van der Waals surface area (Å²) in [5.74, 6) is -0.175. The van der Waals surface area contributed by atoms with Gasteiger partial charge >= 0.3 is 0 Å². The van der Waals surface area contributed by atoms with Crippen molar-refractivity contribution in [1.82, 2.24) is 9.97 Å². The van der Waals surface area contributed by atoms with Crippen LogP contribution in [-0.2, 0) is 0 Å². The Bertz CT molecular complexity index is 555. The lowest BCUT2D eigenvalue weighted by Gasteiger charge is -2.06. The van der Waals surface area contributed by atoms with Gasteiger partial charge in [-0.15, -0.1) is 0 Å². The largest absolute Gasteiger partial charge is 0.505 e. The van der Waals surface area contributed by atoms with Gasteiger partial charge in [-0.1, -0.05) is 6.07 Å². The fourth-order valence-corrected chi connectivity index (χ4v) is 1.36. The van der Waals surface area contributed by atoms with Crippen molar-refractivity contribution in [2.24, 2.45) is 0 Å². The third-order valence-corrected chi connectivity index (χ3v) is 2.24. The zero-order valence-electron chi connectivity index (χ0n) is 9.21. The first-order chi connectivity index (χ1) is 8.18. The van der Waals surface area contributed by atoms with E-state index in [9.17, 15) is 9.90 Å². The topological polar surface area (TPSA) is 75.1 Å². The highest BCUT2D eigenvalue weighted by molar-refractivity contribution is 6.04. The van der Waals surface area contributed by atoms with E-state index in [2.05, 4.69) is 15.3 Å². The summed E-state index contributed by atoms with van der Waals surface area (Å²) in [7, 11) is 0. The zero-order chi connectivity index (χ0) is 12.3. The molecule has 0 aliphatic heterocycles. The van der Waals surface area contributed by atoms with Gasteiger partial charge in [-0.05, 0) is 30.7 Å². The van der Waals surface area contributed by atoms with Gasteiger partial charge in [-0.25, -0.2) is 9.97 Å². The van der Waals surface area contributed by atoms with Crippen LogP contribution >= 0.6 is 0 Å². The molecule has 86 valence electrons. The van der Waals surface area contributed by atoms with Crippen LogP contribution in [-0.4, -0.2) is 21.0 Å². The average molecular weight is 229 g/mol. The fourth-order valence-electron chi connectivity index (χ4n) is 1.36. The molecule has 5 nitrogen and oxygen atoms in total. The Hall–Kier alpha value is -2.43. The second-order valence-corrected chi connectivity index (χ2v) is 3.49. The minimum absolute atomic E-state index is 0.0162. The first-order valence-electron chi connectivity index (χ1n) is 5.05. The van der Waals surface area contributed by atoms with Crippen molar-refractivity contribution in [3.63, 3.8) is 0 Å². The molecule has 0 atom stereocenters. The fraction of sp³-hybridized carbons (Fsp3) is 0.0833. The van der Waals surface area contributed by atoms with Crippen molar-refractivity contribution in [3.05, 3.63) is 47.9 Å². The smallest absolute Gasteiger partial charge is 0.279 e. The Labute approximate surface area is 98.2 Å². The van der Waals surface area contributed by atoms with E-state index < -0.39 is 5.91 Å². The highest BCUT2D eigenvalue weighted by atomic mass is 16.3. The highest BCUT2D eigenvalue weighted by Crippen LogP contribution is 2.15. The van der Waals surface area contributed by atoms with Crippen molar-refractivity contribution in [1.29, 1.82) is 0 Å². The molecule has 0 aliphatic rings. The average Bonchev–Trinajstić information content (AvgIpc) is 2.32. The molecule has 0 fully saturated rings. The van der Waals surface area contributed by atoms with Crippen molar-refractivity contribution in [3.8, 4) is 5.75 Å². The molecule has 0 aromatic carbocycles. The normalized spacial score (nSPS) is 9.94. The third kappa shape index (κ3) is 2.39. The number of carbonyl (C=O) groups is 1. The lowest BCUT2D eigenvalue weighted by atomic mass is 10.2. The van der Waals surface area contributed by atoms with Gasteiger partial charge in [0.15, 0.2) is 5.69 Å². The predicted molar refractivity (Wildman–Crippen MR) is 62.8 cm³/mol. The Balaban J connectivity index is 2.24. The van der Waals surface area contributed by atoms with Gasteiger partial charge < -0.3 is 10.4 Å². The molecule has 0 bridgehead atoms. The van der Waals surface area contributed by atoms with Gasteiger partial charge in [0.1, 0.15) is 11.6 Å². The molecule has 2 heterocycles. The van der Waals surface area contributed by atoms with Gasteiger partial charge in [0.25, 0.3) is 5.91 Å². The van der Waals surface area contributed by atoms with Gasteiger partial charge in [-0.2, -0.15) is 0 Å². The Morgan fingerprint density at radius 1 is 1.24 bits per heavy atom. The summed E-state index contributed by atoms with van der Waals surface area (Å²) in [6.45, 7) is 1.83. The summed E-state index contributed by atoms with van der Waals surface area (Å²) in [6.07, 6.45) is 3.03. The van der Waals surface area contributed by atoms with Crippen LogP contribution in [0.15, 0.2) is 36.7 Å². The molecule has 0 radical (unpaired) electrons. The van der Waals surface area contributed by atoms with E-state index in [1.807, 2.05) is 13.0 Å². The molecule has 5 heteroatoms. The monoisotopic (exact) mass is 229 g/mol. The molecule has 0 aliphatic carbocycles. The molecule has 2 aromatic heterocycles. The molecule has 0 saturated carbocycles. The Kier molecular flexibility index (Phi) is 3.00. The molecule has 2 aromatic rings. The summed E-state index contributed by atoms with van der Waals surface area (Å²) >= 11 is 0. The van der Waals surface area contributed by atoms with E-state index in [4.69, 9.17) is 0 Å². The lowest BCUT2D eigenvalue weighted by molar-refractivity contribution is 0.101. The maximum Gasteiger partial charge on any atom is 0.279 e. The number of aryl methyl sites for hydroxylation is 1. The summed E-state index contributed by atoms with van der Waals surface area (Å²) in [6, 6.07) is 6.58. The van der Waals surface area contributed by atoms with E-state index in [0.29, 0.717) is 5.82 Å². The molecular weight excluding hydrogens is 218 g/mol. The van der Waals surface area contributed by atoms with Gasteiger partial charge in [-0.3, -0.25) is 4.79 Å². The standard InChI is InChI=1S/C12H11N3O2/c1-8-4-2-7-14-11(8)15-12(17)10-9(16)5-3-6-13-10/h2-7,16H,1H3,(H,14,15,17). The van der Waals surface area contributed by atoms with Crippen LogP contribution in [0.1, 0.15) is 16.1 Å². The summed E-state index contributed by atoms with van der Waals surface area (Å²) in [5, 5.41) is 12.1. The van der Waals surface area contributed by atoms with Gasteiger partial charge in [0, 0.05) is 12.4 Å². The van der Waals surface area contributed by atoms with Crippen LogP contribution in [0.3, 0.4) is 0 Å². The van der Waals surface area contributed by atoms with Crippen molar-refractivity contribution < 1.29 is 9.90 Å². The Morgan fingerprint density at radius 3 is 2.65 bits per heavy atom. The molecule has 2 N–H and O–H groups in total. The highest BCUT2D eigenvalue weighted by Gasteiger charge is 2.13. The summed E-state index contributed by atoms with van der Waals surface area (Å²) < 4.78 is 0. The number of amides is 1. The van der Waals surface area contributed by atoms with Crippen molar-refractivity contribution >= 4 is 11.7 Å². The maximum atomic E-state index is 11.8. The molecule has 2 rings (SSSR count). The second kappa shape index (κ2) is 4.61. The van der Waals surface area contributed by atoms with E-state index in [0.717, 1.165) is 5.56 Å². The zero-order valence-corrected chi connectivity index (χ0v) is 9.21. The number of hydrogen-bond acceptors (Lipinski definition) is 4. The van der Waals surface area contributed by atoms with Crippen LogP contribution in [0.5, 0.6) is 5.75 Å². The van der Waals surface area contributed by atoms with Gasteiger partial charge in [0.2, 0.25) is 0 Å². The number of nitrogens with zero attached hydrogens (tertiary/aromatic N) is 2. The first kappa shape index (κ1) is 11.1. The number of rotatable bonds is 2. The minimum atomic E-state index is -0.482. The van der Waals surface area contributed by atoms with E-state index in [-0.39, 0.29) is 11.4 Å². The lowest BCUT2D eigenvalue weighted by Crippen LogP contribution is -2.15. The molecule has 17 heavy (non-hydrogen) atoms. The van der Waals surface area contributed by atoms with E-state index in [1.165, 1.54) is 12.3 Å². The molecule has 0 unspecified atom stereocenters. The predicted octanol–water partition coefficient (Wildman–Crippen LogP) is 1.74. The molecule has 0 saturated heterocycles. The van der Waals surface area contributed by atoms with Crippen LogP contribution in [0, 0.1) is 6.92 Å². The minimum Gasteiger partial charge on any atom is -0.505 e. The number of carbonyl (C=O) groups excluding carboxylic acids is 1. The number of anilines is 1. The van der Waals surface area contributed by atoms with Crippen LogP contribution in [0.2, 0.25) is 0 Å². The van der Waals surface area contributed by atoms with Gasteiger partial charge in [0.05, 0.1) is 0 Å². The van der Waals surface area contributed by atoms with E-state index in [1.54, 1.807) is 18.3 Å². The summed E-state index contributed by atoms with van der Waals surface area (Å²) in [5.41, 5.74) is 0.828. The van der Waals surface area contributed by atoms with Crippen LogP contribution in [0.25, 0.3) is 0 Å². The summed E-state index contributed by atoms with van der Waals surface area (Å²) in [4.78, 5) is 19.7. The quantitative estimate of drug-likeness (QED) is 0.822. The Morgan fingerprint density at radius 2 is 1.94 bits per heavy atom. The maximum absolute atomic E-state index is 11.8. The second-order valence-electron chi connectivity index (χ2n) is 3.49. The molecule has 1 amide bonds. The number of aromatic hydroxyl groups is 1. The van der Waals surface area contributed by atoms with Crippen LogP contribution < -0.4 is 5.32 Å². The van der Waals surface area contributed by atoms with Crippen LogP contribution in [0.4, 0.5) is 5.82 Å².